The third-order valence-electron chi connectivity index (χ3n) is 8.22. The molecule has 6 atom stereocenters. The lowest BCUT2D eigenvalue weighted by molar-refractivity contribution is -0.162. The van der Waals surface area contributed by atoms with Crippen LogP contribution < -0.4 is 0 Å². The average molecular weight is 511 g/mol. The van der Waals surface area contributed by atoms with Crippen LogP contribution >= 0.6 is 0 Å². The van der Waals surface area contributed by atoms with Gasteiger partial charge in [0.1, 0.15) is 17.6 Å². The molecule has 2 amide bonds. The van der Waals surface area contributed by atoms with E-state index >= 15 is 0 Å². The minimum absolute atomic E-state index is 0.174. The van der Waals surface area contributed by atoms with E-state index in [0.29, 0.717) is 32.2 Å². The molecule has 200 valence electrons. The molecule has 0 aromatic heterocycles. The van der Waals surface area contributed by atoms with Crippen molar-refractivity contribution in [3.8, 4) is 0 Å². The summed E-state index contributed by atoms with van der Waals surface area (Å²) in [6, 6.07) is 8.09. The average Bonchev–Trinajstić information content (AvgIpc) is 3.46. The summed E-state index contributed by atoms with van der Waals surface area (Å²) in [6.45, 7) is 11.7. The lowest BCUT2D eigenvalue weighted by Crippen LogP contribution is -2.58. The van der Waals surface area contributed by atoms with E-state index in [1.54, 1.807) is 17.1 Å². The summed E-state index contributed by atoms with van der Waals surface area (Å²) in [5.41, 5.74) is -1.12. The van der Waals surface area contributed by atoms with Crippen molar-refractivity contribution >= 4 is 17.8 Å². The van der Waals surface area contributed by atoms with Gasteiger partial charge in [0.2, 0.25) is 11.8 Å². The number of fused-ring (bicyclic) bond motifs is 1. The Morgan fingerprint density at radius 3 is 2.62 bits per heavy atom. The maximum atomic E-state index is 14.3. The molecule has 3 aliphatic rings. The number of nitrogens with zero attached hydrogens (tertiary/aromatic N) is 2. The third-order valence-corrected chi connectivity index (χ3v) is 8.22. The van der Waals surface area contributed by atoms with E-state index in [1.807, 2.05) is 44.2 Å². The van der Waals surface area contributed by atoms with Gasteiger partial charge >= 0.3 is 5.97 Å². The molecule has 37 heavy (non-hydrogen) atoms. The lowest BCUT2D eigenvalue weighted by atomic mass is 9.66. The highest BCUT2D eigenvalue weighted by Gasteiger charge is 2.79. The zero-order valence-corrected chi connectivity index (χ0v) is 21.8. The quantitative estimate of drug-likeness (QED) is 0.264. The van der Waals surface area contributed by atoms with Crippen molar-refractivity contribution in [3.05, 3.63) is 61.2 Å². The van der Waals surface area contributed by atoms with Crippen molar-refractivity contribution < 1.29 is 29.0 Å². The minimum Gasteiger partial charge on any atom is -0.465 e. The number of aliphatic hydroxyl groups excluding tert-OH is 1. The number of likely N-dealkylation sites (tertiary alicyclic amines) is 1. The van der Waals surface area contributed by atoms with E-state index in [2.05, 4.69) is 13.2 Å². The molecule has 1 aromatic carbocycles. The van der Waals surface area contributed by atoms with Crippen molar-refractivity contribution in [2.24, 2.45) is 11.8 Å². The number of hydrogen-bond acceptors (Lipinski definition) is 6. The predicted octanol–water partition coefficient (Wildman–Crippen LogP) is 2.86. The smallest absolute Gasteiger partial charge is 0.312 e. The van der Waals surface area contributed by atoms with E-state index in [0.717, 1.165) is 5.56 Å². The molecular formula is C29H38N2O6. The van der Waals surface area contributed by atoms with E-state index in [9.17, 15) is 19.5 Å². The molecule has 1 spiro atoms. The first-order valence-corrected chi connectivity index (χ1v) is 13.1. The van der Waals surface area contributed by atoms with Crippen LogP contribution in [0.1, 0.15) is 45.1 Å². The van der Waals surface area contributed by atoms with Gasteiger partial charge in [-0.3, -0.25) is 14.4 Å². The Labute approximate surface area is 218 Å². The third kappa shape index (κ3) is 4.50. The molecule has 0 radical (unpaired) electrons. The SMILES string of the molecule is C=CCCOC(=O)[C@@H]1[C@H]2C(=O)N([C@@H](CC)CO)C(C(=O)N(CC=C)Cc3ccccc3)C23CC[C@@]1(C)O3. The first-order valence-electron chi connectivity index (χ1n) is 13.1. The summed E-state index contributed by atoms with van der Waals surface area (Å²) in [5, 5.41) is 10.2. The lowest BCUT2D eigenvalue weighted by Gasteiger charge is -2.39. The molecule has 8 nitrogen and oxygen atoms in total. The van der Waals surface area contributed by atoms with Crippen molar-refractivity contribution in [1.82, 2.24) is 9.80 Å². The molecule has 3 aliphatic heterocycles. The second-order valence-corrected chi connectivity index (χ2v) is 10.5. The second kappa shape index (κ2) is 10.8. The molecule has 1 N–H and O–H groups in total. The maximum Gasteiger partial charge on any atom is 0.312 e. The van der Waals surface area contributed by atoms with Crippen LogP contribution in [0.15, 0.2) is 55.6 Å². The second-order valence-electron chi connectivity index (χ2n) is 10.5. The monoisotopic (exact) mass is 510 g/mol. The van der Waals surface area contributed by atoms with Gasteiger partial charge in [-0.25, -0.2) is 0 Å². The van der Waals surface area contributed by atoms with E-state index in [4.69, 9.17) is 9.47 Å². The van der Waals surface area contributed by atoms with Gasteiger partial charge in [-0.05, 0) is 38.2 Å². The summed E-state index contributed by atoms with van der Waals surface area (Å²) in [4.78, 5) is 44.9. The zero-order valence-electron chi connectivity index (χ0n) is 21.8. The Bertz CT molecular complexity index is 1040. The van der Waals surface area contributed by atoms with Crippen LogP contribution in [-0.2, 0) is 30.4 Å². The topological polar surface area (TPSA) is 96.4 Å². The Morgan fingerprint density at radius 1 is 1.27 bits per heavy atom. The summed E-state index contributed by atoms with van der Waals surface area (Å²) >= 11 is 0. The number of carbonyl (C=O) groups is 3. The van der Waals surface area contributed by atoms with Crippen LogP contribution in [-0.4, -0.2) is 75.7 Å². The number of carbonyl (C=O) groups excluding carboxylic acids is 3. The van der Waals surface area contributed by atoms with E-state index in [1.165, 1.54) is 4.90 Å². The van der Waals surface area contributed by atoms with Crippen molar-refractivity contribution in [2.45, 2.75) is 69.4 Å². The molecule has 2 unspecified atom stereocenters. The van der Waals surface area contributed by atoms with Gasteiger partial charge in [0.25, 0.3) is 0 Å². The van der Waals surface area contributed by atoms with E-state index < -0.39 is 41.1 Å². The van der Waals surface area contributed by atoms with Crippen LogP contribution in [0.3, 0.4) is 0 Å². The van der Waals surface area contributed by atoms with Crippen LogP contribution in [0.2, 0.25) is 0 Å². The maximum absolute atomic E-state index is 14.3. The molecule has 0 saturated carbocycles. The van der Waals surface area contributed by atoms with Crippen molar-refractivity contribution in [3.63, 3.8) is 0 Å². The Hall–Kier alpha value is -2.97. The number of esters is 1. The highest BCUT2D eigenvalue weighted by Crippen LogP contribution is 2.63. The molecule has 4 rings (SSSR count). The molecular weight excluding hydrogens is 472 g/mol. The number of aliphatic hydroxyl groups is 1. The molecule has 8 heteroatoms. The molecule has 3 saturated heterocycles. The van der Waals surface area contributed by atoms with Crippen LogP contribution in [0.5, 0.6) is 0 Å². The number of rotatable bonds is 12. The molecule has 3 heterocycles. The van der Waals surface area contributed by atoms with Gasteiger partial charge < -0.3 is 24.4 Å². The summed E-state index contributed by atoms with van der Waals surface area (Å²) in [5.74, 6) is -2.75. The standard InChI is InChI=1S/C29H38N2O6/c1-5-8-17-36-27(35)23-22-25(33)31(21(7-3)19-32)24(29(22)15-14-28(23,4)37-29)26(34)30(16-6-2)18-20-12-10-9-11-13-20/h5-6,9-13,21-24,32H,1-2,7-8,14-19H2,3-4H3/t21-,22-,23-,24?,28+,29?/m0/s1. The van der Waals surface area contributed by atoms with Crippen molar-refractivity contribution in [1.29, 1.82) is 0 Å². The van der Waals surface area contributed by atoms with Gasteiger partial charge in [-0.1, -0.05) is 49.4 Å². The van der Waals surface area contributed by atoms with Gasteiger partial charge in [0.15, 0.2) is 0 Å². The molecule has 2 bridgehead atoms. The molecule has 3 fully saturated rings. The largest absolute Gasteiger partial charge is 0.465 e. The van der Waals surface area contributed by atoms with Gasteiger partial charge in [-0.2, -0.15) is 0 Å². The number of hydrogen-bond donors (Lipinski definition) is 1. The Morgan fingerprint density at radius 2 is 2.00 bits per heavy atom. The number of amides is 2. The fourth-order valence-electron chi connectivity index (χ4n) is 6.51. The van der Waals surface area contributed by atoms with Crippen LogP contribution in [0, 0.1) is 11.8 Å². The van der Waals surface area contributed by atoms with Crippen molar-refractivity contribution in [2.75, 3.05) is 19.8 Å². The Balaban J connectivity index is 1.75. The van der Waals surface area contributed by atoms with Gasteiger partial charge in [0, 0.05) is 13.1 Å². The highest BCUT2D eigenvalue weighted by molar-refractivity contribution is 5.98. The van der Waals surface area contributed by atoms with Gasteiger partial charge in [0.05, 0.1) is 30.8 Å². The minimum atomic E-state index is -1.16. The first kappa shape index (κ1) is 27.1. The molecule has 0 aliphatic carbocycles. The predicted molar refractivity (Wildman–Crippen MR) is 138 cm³/mol. The molecule has 1 aromatic rings. The van der Waals surface area contributed by atoms with Crippen LogP contribution in [0.25, 0.3) is 0 Å². The zero-order chi connectivity index (χ0) is 26.8. The number of ether oxygens (including phenoxy) is 2. The summed E-state index contributed by atoms with van der Waals surface area (Å²) in [7, 11) is 0. The first-order chi connectivity index (χ1) is 17.8. The van der Waals surface area contributed by atoms with Crippen LogP contribution in [0.4, 0.5) is 0 Å². The summed E-state index contributed by atoms with van der Waals surface area (Å²) < 4.78 is 12.2. The van der Waals surface area contributed by atoms with E-state index in [-0.39, 0.29) is 31.6 Å². The number of benzene rings is 1. The fraction of sp³-hybridized carbons (Fsp3) is 0.552. The highest BCUT2D eigenvalue weighted by atomic mass is 16.6. The normalized spacial score (nSPS) is 30.6. The summed E-state index contributed by atoms with van der Waals surface area (Å²) in [6.07, 6.45) is 5.30. The fourth-order valence-corrected chi connectivity index (χ4v) is 6.51. The van der Waals surface area contributed by atoms with Gasteiger partial charge in [-0.15, -0.1) is 13.2 Å². The Kier molecular flexibility index (Phi) is 7.90.